The first-order chi connectivity index (χ1) is 6.77. The Morgan fingerprint density at radius 1 is 1.43 bits per heavy atom. The van der Waals surface area contributed by atoms with Gasteiger partial charge in [-0.15, -0.1) is 0 Å². The average molecular weight is 211 g/mol. The molecule has 78 valence electrons. The lowest BCUT2D eigenvalue weighted by atomic mass is 10.2. The lowest BCUT2D eigenvalue weighted by Crippen LogP contribution is -2.02. The number of hydrogen-bond donors (Lipinski definition) is 2. The smallest absolute Gasteiger partial charge is 0.121 e. The van der Waals surface area contributed by atoms with E-state index in [0.29, 0.717) is 0 Å². The third kappa shape index (κ3) is 3.14. The summed E-state index contributed by atoms with van der Waals surface area (Å²) in [5, 5.41) is 3.33. The fourth-order valence-electron chi connectivity index (χ4n) is 1.30. The Morgan fingerprint density at radius 3 is 2.79 bits per heavy atom. The molecule has 0 bridgehead atoms. The number of thiol groups is 1. The van der Waals surface area contributed by atoms with E-state index in [4.69, 9.17) is 4.74 Å². The van der Waals surface area contributed by atoms with Gasteiger partial charge in [-0.05, 0) is 42.9 Å². The topological polar surface area (TPSA) is 21.3 Å². The molecule has 0 aliphatic rings. The van der Waals surface area contributed by atoms with Crippen LogP contribution in [-0.4, -0.2) is 19.4 Å². The molecule has 2 nitrogen and oxygen atoms in total. The second kappa shape index (κ2) is 5.81. The van der Waals surface area contributed by atoms with Crippen molar-refractivity contribution in [3.8, 4) is 5.75 Å². The van der Waals surface area contributed by atoms with Crippen molar-refractivity contribution in [3.05, 3.63) is 23.8 Å². The maximum absolute atomic E-state index is 5.19. The Balaban J connectivity index is 2.57. The molecule has 0 heterocycles. The summed E-state index contributed by atoms with van der Waals surface area (Å²) in [7, 11) is 1.69. The molecule has 1 N–H and O–H groups in total. The van der Waals surface area contributed by atoms with Crippen LogP contribution in [0.3, 0.4) is 0 Å². The van der Waals surface area contributed by atoms with Crippen LogP contribution < -0.4 is 10.1 Å². The zero-order valence-electron chi connectivity index (χ0n) is 8.71. The second-order valence-electron chi connectivity index (χ2n) is 3.19. The zero-order valence-corrected chi connectivity index (χ0v) is 9.60. The van der Waals surface area contributed by atoms with E-state index in [2.05, 4.69) is 24.0 Å². The molecule has 0 atom stereocenters. The minimum Gasteiger partial charge on any atom is -0.496 e. The normalized spacial score (nSPS) is 9.93. The van der Waals surface area contributed by atoms with Crippen molar-refractivity contribution in [1.29, 1.82) is 0 Å². The van der Waals surface area contributed by atoms with Crippen molar-refractivity contribution in [3.63, 3.8) is 0 Å². The highest BCUT2D eigenvalue weighted by Crippen LogP contribution is 2.21. The van der Waals surface area contributed by atoms with Gasteiger partial charge in [-0.3, -0.25) is 0 Å². The summed E-state index contributed by atoms with van der Waals surface area (Å²) in [5.41, 5.74) is 2.30. The van der Waals surface area contributed by atoms with Gasteiger partial charge in [-0.25, -0.2) is 0 Å². The standard InChI is InChI=1S/C11H17NOS/c1-9-8-10(12-6-3-7-14)4-5-11(9)13-2/h4-5,8,12,14H,3,6-7H2,1-2H3. The molecule has 1 aromatic carbocycles. The van der Waals surface area contributed by atoms with Gasteiger partial charge in [-0.2, -0.15) is 12.6 Å². The lowest BCUT2D eigenvalue weighted by molar-refractivity contribution is 0.412. The maximum Gasteiger partial charge on any atom is 0.121 e. The van der Waals surface area contributed by atoms with Crippen LogP contribution in [0.15, 0.2) is 18.2 Å². The van der Waals surface area contributed by atoms with Crippen LogP contribution in [0.2, 0.25) is 0 Å². The van der Waals surface area contributed by atoms with Gasteiger partial charge in [0.1, 0.15) is 5.75 Å². The van der Waals surface area contributed by atoms with Crippen molar-refractivity contribution in [2.24, 2.45) is 0 Å². The molecule has 0 unspecified atom stereocenters. The minimum absolute atomic E-state index is 0.919. The average Bonchev–Trinajstić information content (AvgIpc) is 2.18. The first kappa shape index (κ1) is 11.2. The first-order valence-corrected chi connectivity index (χ1v) is 5.40. The van der Waals surface area contributed by atoms with Crippen LogP contribution in [0.25, 0.3) is 0 Å². The number of benzene rings is 1. The molecular formula is C11H17NOS. The molecule has 0 amide bonds. The molecule has 0 fully saturated rings. The Bertz CT molecular complexity index is 289. The number of hydrogen-bond acceptors (Lipinski definition) is 3. The lowest BCUT2D eigenvalue weighted by Gasteiger charge is -2.09. The van der Waals surface area contributed by atoms with Crippen LogP contribution in [0, 0.1) is 6.92 Å². The van der Waals surface area contributed by atoms with Gasteiger partial charge in [0, 0.05) is 12.2 Å². The van der Waals surface area contributed by atoms with Crippen molar-refractivity contribution < 1.29 is 4.74 Å². The van der Waals surface area contributed by atoms with E-state index < -0.39 is 0 Å². The van der Waals surface area contributed by atoms with Gasteiger partial charge in [0.2, 0.25) is 0 Å². The molecule has 1 aromatic rings. The van der Waals surface area contributed by atoms with Crippen LogP contribution in [0.4, 0.5) is 5.69 Å². The quantitative estimate of drug-likeness (QED) is 0.577. The second-order valence-corrected chi connectivity index (χ2v) is 3.64. The van der Waals surface area contributed by atoms with E-state index in [1.807, 2.05) is 19.1 Å². The highest BCUT2D eigenvalue weighted by atomic mass is 32.1. The number of aryl methyl sites for hydroxylation is 1. The highest BCUT2D eigenvalue weighted by molar-refractivity contribution is 7.80. The van der Waals surface area contributed by atoms with Crippen molar-refractivity contribution in [2.45, 2.75) is 13.3 Å². The van der Waals surface area contributed by atoms with E-state index in [1.54, 1.807) is 7.11 Å². The monoisotopic (exact) mass is 211 g/mol. The van der Waals surface area contributed by atoms with E-state index in [-0.39, 0.29) is 0 Å². The molecule has 0 saturated carbocycles. The van der Waals surface area contributed by atoms with Gasteiger partial charge in [-0.1, -0.05) is 0 Å². The van der Waals surface area contributed by atoms with Crippen LogP contribution in [-0.2, 0) is 0 Å². The molecule has 0 aliphatic heterocycles. The van der Waals surface area contributed by atoms with Gasteiger partial charge in [0.15, 0.2) is 0 Å². The fourth-order valence-corrected chi connectivity index (χ4v) is 1.46. The predicted octanol–water partition coefficient (Wildman–Crippen LogP) is 2.74. The highest BCUT2D eigenvalue weighted by Gasteiger charge is 1.98. The third-order valence-electron chi connectivity index (χ3n) is 2.06. The van der Waals surface area contributed by atoms with Crippen LogP contribution in [0.5, 0.6) is 5.75 Å². The first-order valence-electron chi connectivity index (χ1n) is 4.77. The number of nitrogens with one attached hydrogen (secondary N) is 1. The zero-order chi connectivity index (χ0) is 10.4. The summed E-state index contributed by atoms with van der Waals surface area (Å²) < 4.78 is 5.19. The van der Waals surface area contributed by atoms with E-state index in [9.17, 15) is 0 Å². The number of ether oxygens (including phenoxy) is 1. The molecule has 0 saturated heterocycles. The van der Waals surface area contributed by atoms with Crippen LogP contribution in [0.1, 0.15) is 12.0 Å². The summed E-state index contributed by atoms with van der Waals surface area (Å²) in [4.78, 5) is 0. The van der Waals surface area contributed by atoms with E-state index >= 15 is 0 Å². The molecule has 1 rings (SSSR count). The molecule has 14 heavy (non-hydrogen) atoms. The van der Waals surface area contributed by atoms with Gasteiger partial charge in [0.25, 0.3) is 0 Å². The SMILES string of the molecule is COc1ccc(NCCCS)cc1C. The number of anilines is 1. The van der Waals surface area contributed by atoms with Crippen molar-refractivity contribution in [2.75, 3.05) is 24.7 Å². The number of rotatable bonds is 5. The molecular weight excluding hydrogens is 194 g/mol. The molecule has 3 heteroatoms. The maximum atomic E-state index is 5.19. The van der Waals surface area contributed by atoms with Gasteiger partial charge >= 0.3 is 0 Å². The Hall–Kier alpha value is -0.830. The molecule has 0 aliphatic carbocycles. The summed E-state index contributed by atoms with van der Waals surface area (Å²) in [6, 6.07) is 6.11. The largest absolute Gasteiger partial charge is 0.496 e. The Labute approximate surface area is 91.1 Å². The summed E-state index contributed by atoms with van der Waals surface area (Å²) >= 11 is 4.16. The summed E-state index contributed by atoms with van der Waals surface area (Å²) in [5.74, 6) is 1.85. The molecule has 0 aromatic heterocycles. The van der Waals surface area contributed by atoms with Crippen LogP contribution >= 0.6 is 12.6 Å². The number of methoxy groups -OCH3 is 1. The fraction of sp³-hybridized carbons (Fsp3) is 0.455. The Kier molecular flexibility index (Phi) is 4.66. The third-order valence-corrected chi connectivity index (χ3v) is 2.38. The molecule has 0 spiro atoms. The van der Waals surface area contributed by atoms with Crippen molar-refractivity contribution in [1.82, 2.24) is 0 Å². The van der Waals surface area contributed by atoms with E-state index in [0.717, 1.165) is 35.7 Å². The summed E-state index contributed by atoms with van der Waals surface area (Å²) in [6.07, 6.45) is 1.08. The van der Waals surface area contributed by atoms with E-state index in [1.165, 1.54) is 0 Å². The minimum atomic E-state index is 0.919. The van der Waals surface area contributed by atoms with Gasteiger partial charge in [0.05, 0.1) is 7.11 Å². The Morgan fingerprint density at radius 2 is 2.21 bits per heavy atom. The predicted molar refractivity (Wildman–Crippen MR) is 64.7 cm³/mol. The van der Waals surface area contributed by atoms with Gasteiger partial charge < -0.3 is 10.1 Å². The van der Waals surface area contributed by atoms with Crippen molar-refractivity contribution >= 4 is 18.3 Å². The summed E-state index contributed by atoms with van der Waals surface area (Å²) in [6.45, 7) is 3.01. The molecule has 0 radical (unpaired) electrons.